The van der Waals surface area contributed by atoms with Crippen LogP contribution in [-0.4, -0.2) is 22.2 Å². The molecule has 1 unspecified atom stereocenters. The van der Waals surface area contributed by atoms with Gasteiger partial charge in [-0.25, -0.2) is 9.18 Å². The zero-order chi connectivity index (χ0) is 15.0. The number of H-pyrrole nitrogens is 2. The molecule has 0 fully saturated rings. The van der Waals surface area contributed by atoms with E-state index in [1.54, 1.807) is 24.3 Å². The summed E-state index contributed by atoms with van der Waals surface area (Å²) in [5, 5.41) is 10.3. The minimum absolute atomic E-state index is 0.146. The van der Waals surface area contributed by atoms with Crippen molar-refractivity contribution in [2.24, 2.45) is 0 Å². The van der Waals surface area contributed by atoms with Gasteiger partial charge in [-0.1, -0.05) is 6.07 Å². The largest absolute Gasteiger partial charge is 0.497 e. The van der Waals surface area contributed by atoms with Crippen LogP contribution in [0.25, 0.3) is 11.0 Å². The van der Waals surface area contributed by atoms with Crippen LogP contribution in [-0.2, 0) is 0 Å². The summed E-state index contributed by atoms with van der Waals surface area (Å²) >= 11 is 0. The molecule has 3 aromatic rings. The number of aliphatic hydroxyl groups is 1. The second-order valence-electron chi connectivity index (χ2n) is 4.67. The Morgan fingerprint density at radius 3 is 2.62 bits per heavy atom. The fourth-order valence-corrected chi connectivity index (χ4v) is 2.26. The molecule has 108 valence electrons. The Balaban J connectivity index is 2.02. The van der Waals surface area contributed by atoms with Crippen LogP contribution < -0.4 is 10.4 Å². The first kappa shape index (κ1) is 13.4. The van der Waals surface area contributed by atoms with E-state index < -0.39 is 11.9 Å². The zero-order valence-electron chi connectivity index (χ0n) is 11.2. The number of ether oxygens (including phenoxy) is 1. The molecule has 2 aromatic carbocycles. The van der Waals surface area contributed by atoms with Crippen LogP contribution in [0.4, 0.5) is 4.39 Å². The summed E-state index contributed by atoms with van der Waals surface area (Å²) in [7, 11) is 1.45. The maximum Gasteiger partial charge on any atom is 0.323 e. The minimum atomic E-state index is -1.13. The van der Waals surface area contributed by atoms with Gasteiger partial charge in [0.15, 0.2) is 0 Å². The fraction of sp³-hybridized carbons (Fsp3) is 0.133. The number of nitrogens with one attached hydrogen (secondary N) is 2. The number of imidazole rings is 1. The maximum atomic E-state index is 14.0. The van der Waals surface area contributed by atoms with Gasteiger partial charge in [-0.3, -0.25) is 0 Å². The number of rotatable bonds is 3. The second-order valence-corrected chi connectivity index (χ2v) is 4.67. The summed E-state index contributed by atoms with van der Waals surface area (Å²) in [6.45, 7) is 0. The lowest BCUT2D eigenvalue weighted by molar-refractivity contribution is 0.215. The molecule has 1 heterocycles. The highest BCUT2D eigenvalue weighted by Crippen LogP contribution is 2.28. The van der Waals surface area contributed by atoms with Gasteiger partial charge in [-0.15, -0.1) is 0 Å². The van der Waals surface area contributed by atoms with E-state index in [0.29, 0.717) is 22.3 Å². The summed E-state index contributed by atoms with van der Waals surface area (Å²) in [5.41, 5.74) is 1.50. The molecule has 0 amide bonds. The Bertz CT molecular complexity index is 853. The number of fused-ring (bicyclic) bond motifs is 1. The highest BCUT2D eigenvalue weighted by Gasteiger charge is 2.16. The first-order valence-electron chi connectivity index (χ1n) is 6.32. The number of aromatic amines is 2. The third kappa shape index (κ3) is 2.41. The predicted molar refractivity (Wildman–Crippen MR) is 75.9 cm³/mol. The van der Waals surface area contributed by atoms with Crippen molar-refractivity contribution >= 4 is 11.0 Å². The SMILES string of the molecule is COc1ccc(C(O)c2ccc3[nH]c(=O)[nH]c3c2)c(F)c1. The molecule has 21 heavy (non-hydrogen) atoms. The van der Waals surface area contributed by atoms with Gasteiger partial charge in [-0.2, -0.15) is 0 Å². The van der Waals surface area contributed by atoms with Crippen LogP contribution in [0.3, 0.4) is 0 Å². The van der Waals surface area contributed by atoms with E-state index in [2.05, 4.69) is 9.97 Å². The molecule has 3 rings (SSSR count). The molecule has 0 saturated carbocycles. The topological polar surface area (TPSA) is 78.1 Å². The number of methoxy groups -OCH3 is 1. The number of benzene rings is 2. The molecular weight excluding hydrogens is 275 g/mol. The Labute approximate surface area is 119 Å². The number of hydrogen-bond donors (Lipinski definition) is 3. The first-order valence-corrected chi connectivity index (χ1v) is 6.32. The van der Waals surface area contributed by atoms with E-state index >= 15 is 0 Å². The van der Waals surface area contributed by atoms with E-state index in [1.807, 2.05) is 0 Å². The van der Waals surface area contributed by atoms with Gasteiger partial charge < -0.3 is 19.8 Å². The molecule has 0 radical (unpaired) electrons. The Kier molecular flexibility index (Phi) is 3.23. The Morgan fingerprint density at radius 1 is 1.14 bits per heavy atom. The van der Waals surface area contributed by atoms with Gasteiger partial charge in [0, 0.05) is 11.6 Å². The summed E-state index contributed by atoms with van der Waals surface area (Å²) in [6, 6.07) is 9.19. The third-order valence-electron chi connectivity index (χ3n) is 3.36. The van der Waals surface area contributed by atoms with Crippen LogP contribution in [0.2, 0.25) is 0 Å². The molecule has 1 aromatic heterocycles. The molecule has 0 bridgehead atoms. The van der Waals surface area contributed by atoms with Crippen LogP contribution in [0.5, 0.6) is 5.75 Å². The van der Waals surface area contributed by atoms with Crippen molar-refractivity contribution in [3.8, 4) is 5.75 Å². The number of aromatic nitrogens is 2. The molecule has 0 aliphatic rings. The molecule has 1 atom stereocenters. The summed E-state index contributed by atoms with van der Waals surface area (Å²) in [5.74, 6) is -0.168. The van der Waals surface area contributed by atoms with Gasteiger partial charge >= 0.3 is 5.69 Å². The standard InChI is InChI=1S/C15H13FN2O3/c1-21-9-3-4-10(11(16)7-9)14(19)8-2-5-12-13(6-8)18-15(20)17-12/h2-7,14,19H,1H3,(H2,17,18,20). The normalized spacial score (nSPS) is 12.5. The summed E-state index contributed by atoms with van der Waals surface area (Å²) in [4.78, 5) is 16.4. The maximum absolute atomic E-state index is 14.0. The lowest BCUT2D eigenvalue weighted by atomic mass is 10.0. The van der Waals surface area contributed by atoms with Crippen molar-refractivity contribution in [3.05, 3.63) is 63.8 Å². The van der Waals surface area contributed by atoms with Gasteiger partial charge in [0.2, 0.25) is 0 Å². The van der Waals surface area contributed by atoms with Gasteiger partial charge in [0.1, 0.15) is 17.7 Å². The number of hydrogen-bond acceptors (Lipinski definition) is 3. The van der Waals surface area contributed by atoms with Gasteiger partial charge in [0.25, 0.3) is 0 Å². The molecule has 0 spiro atoms. The molecule has 0 aliphatic carbocycles. The van der Waals surface area contributed by atoms with E-state index in [1.165, 1.54) is 19.2 Å². The molecule has 6 heteroatoms. The van der Waals surface area contributed by atoms with Crippen molar-refractivity contribution in [3.63, 3.8) is 0 Å². The molecular formula is C15H13FN2O3. The number of halogens is 1. The average molecular weight is 288 g/mol. The van der Waals surface area contributed by atoms with Crippen molar-refractivity contribution in [1.82, 2.24) is 9.97 Å². The predicted octanol–water partition coefficient (Wildman–Crippen LogP) is 2.09. The molecule has 5 nitrogen and oxygen atoms in total. The lowest BCUT2D eigenvalue weighted by Gasteiger charge is -2.13. The molecule has 3 N–H and O–H groups in total. The quantitative estimate of drug-likeness (QED) is 0.690. The smallest absolute Gasteiger partial charge is 0.323 e. The summed E-state index contributed by atoms with van der Waals surface area (Å²) in [6.07, 6.45) is -1.13. The molecule has 0 saturated heterocycles. The Hall–Kier alpha value is -2.60. The van der Waals surface area contributed by atoms with Crippen molar-refractivity contribution in [1.29, 1.82) is 0 Å². The van der Waals surface area contributed by atoms with Crippen molar-refractivity contribution < 1.29 is 14.2 Å². The fourth-order valence-electron chi connectivity index (χ4n) is 2.26. The minimum Gasteiger partial charge on any atom is -0.497 e. The average Bonchev–Trinajstić information content (AvgIpc) is 2.85. The van der Waals surface area contributed by atoms with E-state index in [4.69, 9.17) is 4.74 Å². The van der Waals surface area contributed by atoms with Crippen LogP contribution >= 0.6 is 0 Å². The van der Waals surface area contributed by atoms with E-state index in [-0.39, 0.29) is 11.3 Å². The van der Waals surface area contributed by atoms with E-state index in [0.717, 1.165) is 0 Å². The van der Waals surface area contributed by atoms with E-state index in [9.17, 15) is 14.3 Å². The Morgan fingerprint density at radius 2 is 1.90 bits per heavy atom. The summed E-state index contributed by atoms with van der Waals surface area (Å²) < 4.78 is 18.9. The third-order valence-corrected chi connectivity index (χ3v) is 3.36. The van der Waals surface area contributed by atoms with Gasteiger partial charge in [-0.05, 0) is 29.8 Å². The van der Waals surface area contributed by atoms with Crippen LogP contribution in [0.1, 0.15) is 17.2 Å². The second kappa shape index (κ2) is 5.06. The lowest BCUT2D eigenvalue weighted by Crippen LogP contribution is -2.03. The highest BCUT2D eigenvalue weighted by molar-refractivity contribution is 5.75. The zero-order valence-corrected chi connectivity index (χ0v) is 11.2. The van der Waals surface area contributed by atoms with Crippen LogP contribution in [0.15, 0.2) is 41.2 Å². The highest BCUT2D eigenvalue weighted by atomic mass is 19.1. The van der Waals surface area contributed by atoms with Gasteiger partial charge in [0.05, 0.1) is 18.1 Å². The van der Waals surface area contributed by atoms with Crippen molar-refractivity contribution in [2.75, 3.05) is 7.11 Å². The van der Waals surface area contributed by atoms with Crippen molar-refractivity contribution in [2.45, 2.75) is 6.10 Å². The van der Waals surface area contributed by atoms with Crippen LogP contribution in [0, 0.1) is 5.82 Å². The molecule has 0 aliphatic heterocycles. The monoisotopic (exact) mass is 288 g/mol. The number of aliphatic hydroxyl groups excluding tert-OH is 1. The first-order chi connectivity index (χ1) is 10.1.